The summed E-state index contributed by atoms with van der Waals surface area (Å²) >= 11 is 0. The zero-order valence-electron chi connectivity index (χ0n) is 17.3. The molecule has 0 bridgehead atoms. The summed E-state index contributed by atoms with van der Waals surface area (Å²) in [5, 5.41) is 0. The fourth-order valence-corrected chi connectivity index (χ4v) is 2.81. The predicted octanol–water partition coefficient (Wildman–Crippen LogP) is 4.43. The van der Waals surface area contributed by atoms with Crippen LogP contribution in [-0.4, -0.2) is 48.4 Å². The van der Waals surface area contributed by atoms with Crippen molar-refractivity contribution in [2.75, 3.05) is 19.7 Å². The van der Waals surface area contributed by atoms with Crippen LogP contribution in [-0.2, 0) is 14.3 Å². The summed E-state index contributed by atoms with van der Waals surface area (Å²) in [5.74, 6) is 0.361. The number of likely N-dealkylation sites (tertiary alicyclic amines) is 1. The van der Waals surface area contributed by atoms with Gasteiger partial charge < -0.3 is 19.1 Å². The average molecular weight is 389 g/mol. The third-order valence-corrected chi connectivity index (χ3v) is 4.16. The Labute approximate surface area is 167 Å². The van der Waals surface area contributed by atoms with Gasteiger partial charge in [0, 0.05) is 37.6 Å². The van der Waals surface area contributed by atoms with Gasteiger partial charge in [-0.2, -0.15) is 0 Å². The van der Waals surface area contributed by atoms with E-state index >= 15 is 0 Å². The molecule has 1 aromatic carbocycles. The molecule has 0 N–H and O–H groups in total. The molecule has 0 unspecified atom stereocenters. The second-order valence-electron chi connectivity index (χ2n) is 7.82. The minimum atomic E-state index is -0.512. The first-order valence-corrected chi connectivity index (χ1v) is 9.87. The third kappa shape index (κ3) is 7.25. The second-order valence-corrected chi connectivity index (χ2v) is 7.82. The topological polar surface area (TPSA) is 65.1 Å². The Morgan fingerprint density at radius 3 is 2.50 bits per heavy atom. The van der Waals surface area contributed by atoms with Gasteiger partial charge in [0.1, 0.15) is 17.5 Å². The highest BCUT2D eigenvalue weighted by atomic mass is 16.6. The van der Waals surface area contributed by atoms with Gasteiger partial charge in [0.2, 0.25) is 0 Å². The molecule has 28 heavy (non-hydrogen) atoms. The highest BCUT2D eigenvalue weighted by Crippen LogP contribution is 2.21. The van der Waals surface area contributed by atoms with Gasteiger partial charge in [-0.3, -0.25) is 0 Å². The summed E-state index contributed by atoms with van der Waals surface area (Å²) in [4.78, 5) is 25.9. The summed E-state index contributed by atoms with van der Waals surface area (Å²) in [6.45, 7) is 9.25. The van der Waals surface area contributed by atoms with Crippen molar-refractivity contribution in [3.63, 3.8) is 0 Å². The second kappa shape index (κ2) is 10.2. The molecule has 0 aromatic heterocycles. The van der Waals surface area contributed by atoms with Crippen LogP contribution in [0.2, 0.25) is 0 Å². The van der Waals surface area contributed by atoms with Crippen LogP contribution < -0.4 is 4.74 Å². The molecule has 0 saturated carbocycles. The SMILES string of the molecule is CCCOc1ccccc1/C=C/C(=O)OC1CCN(C(=O)OC(C)(C)C)CC1. The van der Waals surface area contributed by atoms with Crippen molar-refractivity contribution in [1.82, 2.24) is 4.90 Å². The van der Waals surface area contributed by atoms with E-state index in [2.05, 4.69) is 0 Å². The first kappa shape index (κ1) is 21.8. The lowest BCUT2D eigenvalue weighted by Crippen LogP contribution is -2.43. The van der Waals surface area contributed by atoms with Crippen molar-refractivity contribution in [2.45, 2.75) is 58.7 Å². The van der Waals surface area contributed by atoms with Crippen LogP contribution in [0.25, 0.3) is 6.08 Å². The Kier molecular flexibility index (Phi) is 7.91. The number of piperidine rings is 1. The third-order valence-electron chi connectivity index (χ3n) is 4.16. The lowest BCUT2D eigenvalue weighted by molar-refractivity contribution is -0.144. The first-order valence-electron chi connectivity index (χ1n) is 9.87. The predicted molar refractivity (Wildman–Crippen MR) is 108 cm³/mol. The lowest BCUT2D eigenvalue weighted by atomic mass is 10.1. The quantitative estimate of drug-likeness (QED) is 0.532. The Bertz CT molecular complexity index is 684. The van der Waals surface area contributed by atoms with Gasteiger partial charge in [0.25, 0.3) is 0 Å². The highest BCUT2D eigenvalue weighted by Gasteiger charge is 2.28. The molecule has 1 aromatic rings. The first-order chi connectivity index (χ1) is 13.3. The summed E-state index contributed by atoms with van der Waals surface area (Å²) in [7, 11) is 0. The molecule has 154 valence electrons. The molecule has 1 amide bonds. The van der Waals surface area contributed by atoms with Crippen molar-refractivity contribution in [3.05, 3.63) is 35.9 Å². The van der Waals surface area contributed by atoms with E-state index in [0.29, 0.717) is 32.5 Å². The normalized spacial score (nSPS) is 15.5. The molecule has 1 aliphatic heterocycles. The lowest BCUT2D eigenvalue weighted by Gasteiger charge is -2.33. The van der Waals surface area contributed by atoms with Crippen LogP contribution in [0.5, 0.6) is 5.75 Å². The number of rotatable bonds is 6. The maximum absolute atomic E-state index is 12.2. The van der Waals surface area contributed by atoms with Gasteiger partial charge in [0.15, 0.2) is 0 Å². The molecule has 6 heteroatoms. The number of amides is 1. The molecule has 0 radical (unpaired) electrons. The van der Waals surface area contributed by atoms with Crippen molar-refractivity contribution < 1.29 is 23.8 Å². The maximum Gasteiger partial charge on any atom is 0.410 e. The summed E-state index contributed by atoms with van der Waals surface area (Å²) in [6, 6.07) is 7.58. The van der Waals surface area contributed by atoms with E-state index in [1.54, 1.807) is 11.0 Å². The Morgan fingerprint density at radius 2 is 1.86 bits per heavy atom. The van der Waals surface area contributed by atoms with E-state index in [9.17, 15) is 9.59 Å². The smallest absolute Gasteiger partial charge is 0.410 e. The molecule has 1 heterocycles. The fraction of sp³-hybridized carbons (Fsp3) is 0.545. The number of para-hydroxylation sites is 1. The Balaban J connectivity index is 1.82. The van der Waals surface area contributed by atoms with E-state index < -0.39 is 5.60 Å². The fourth-order valence-electron chi connectivity index (χ4n) is 2.81. The van der Waals surface area contributed by atoms with Gasteiger partial charge in [0.05, 0.1) is 6.61 Å². The largest absolute Gasteiger partial charge is 0.493 e. The summed E-state index contributed by atoms with van der Waals surface area (Å²) < 4.78 is 16.6. The minimum Gasteiger partial charge on any atom is -0.493 e. The van der Waals surface area contributed by atoms with Gasteiger partial charge in [-0.25, -0.2) is 9.59 Å². The number of carbonyl (C=O) groups excluding carboxylic acids is 2. The number of nitrogens with zero attached hydrogens (tertiary/aromatic N) is 1. The van der Waals surface area contributed by atoms with Gasteiger partial charge in [-0.15, -0.1) is 0 Å². The van der Waals surface area contributed by atoms with Crippen LogP contribution >= 0.6 is 0 Å². The zero-order chi connectivity index (χ0) is 20.6. The van der Waals surface area contributed by atoms with E-state index in [0.717, 1.165) is 17.7 Å². The molecule has 1 saturated heterocycles. The summed E-state index contributed by atoms with van der Waals surface area (Å²) in [5.41, 5.74) is 0.329. The van der Waals surface area contributed by atoms with Crippen LogP contribution in [0.3, 0.4) is 0 Å². The van der Waals surface area contributed by atoms with E-state index in [-0.39, 0.29) is 18.2 Å². The number of esters is 1. The average Bonchev–Trinajstić information content (AvgIpc) is 2.64. The van der Waals surface area contributed by atoms with Gasteiger partial charge >= 0.3 is 12.1 Å². The van der Waals surface area contributed by atoms with Crippen molar-refractivity contribution in [1.29, 1.82) is 0 Å². The molecule has 0 spiro atoms. The van der Waals surface area contributed by atoms with E-state index in [4.69, 9.17) is 14.2 Å². The van der Waals surface area contributed by atoms with E-state index in [1.807, 2.05) is 52.0 Å². The molecular formula is C22H31NO5. The van der Waals surface area contributed by atoms with Crippen molar-refractivity contribution in [2.24, 2.45) is 0 Å². The number of hydrogen-bond acceptors (Lipinski definition) is 5. The van der Waals surface area contributed by atoms with Crippen LogP contribution in [0.15, 0.2) is 30.3 Å². The molecule has 0 aliphatic carbocycles. The van der Waals surface area contributed by atoms with E-state index in [1.165, 1.54) is 6.08 Å². The van der Waals surface area contributed by atoms with Crippen LogP contribution in [0, 0.1) is 0 Å². The highest BCUT2D eigenvalue weighted by molar-refractivity contribution is 5.87. The molecule has 0 atom stereocenters. The molecule has 1 aliphatic rings. The van der Waals surface area contributed by atoms with Gasteiger partial charge in [-0.05, 0) is 39.3 Å². The molecule has 6 nitrogen and oxygen atoms in total. The van der Waals surface area contributed by atoms with Crippen molar-refractivity contribution in [3.8, 4) is 5.75 Å². The number of benzene rings is 1. The number of hydrogen-bond donors (Lipinski definition) is 0. The molecule has 2 rings (SSSR count). The Hall–Kier alpha value is -2.50. The standard InChI is InChI=1S/C22H31NO5/c1-5-16-26-19-9-7-6-8-17(19)10-11-20(24)27-18-12-14-23(15-13-18)21(25)28-22(2,3)4/h6-11,18H,5,12-16H2,1-4H3/b11-10+. The van der Waals surface area contributed by atoms with Crippen LogP contribution in [0.1, 0.15) is 52.5 Å². The summed E-state index contributed by atoms with van der Waals surface area (Å²) in [6.07, 6.45) is 4.76. The van der Waals surface area contributed by atoms with Crippen LogP contribution in [0.4, 0.5) is 4.79 Å². The van der Waals surface area contributed by atoms with Gasteiger partial charge in [-0.1, -0.05) is 25.1 Å². The van der Waals surface area contributed by atoms with Crippen molar-refractivity contribution >= 4 is 18.1 Å². The monoisotopic (exact) mass is 389 g/mol. The molecular weight excluding hydrogens is 358 g/mol. The Morgan fingerprint density at radius 1 is 1.18 bits per heavy atom. The zero-order valence-corrected chi connectivity index (χ0v) is 17.3. The molecule has 1 fully saturated rings. The number of carbonyl (C=O) groups is 2. The maximum atomic E-state index is 12.2. The number of ether oxygens (including phenoxy) is 3. The minimum absolute atomic E-state index is 0.192.